The van der Waals surface area contributed by atoms with Crippen molar-refractivity contribution in [3.8, 4) is 17.2 Å². The molecule has 280 valence electrons. The minimum Gasteiger partial charge on any atom is -0.508 e. The Morgan fingerprint density at radius 1 is 0.778 bits per heavy atom. The Morgan fingerprint density at radius 2 is 1.59 bits per heavy atom. The zero-order valence-corrected chi connectivity index (χ0v) is 30.8. The smallest absolute Gasteiger partial charge is 0.230 e. The lowest BCUT2D eigenvalue weighted by molar-refractivity contribution is -0.137. The summed E-state index contributed by atoms with van der Waals surface area (Å²) < 4.78 is 12.3. The van der Waals surface area contributed by atoms with E-state index >= 15 is 0 Å². The van der Waals surface area contributed by atoms with E-state index in [0.29, 0.717) is 32.5 Å². The summed E-state index contributed by atoms with van der Waals surface area (Å²) in [5.41, 5.74) is 6.50. The van der Waals surface area contributed by atoms with Crippen LogP contribution in [0.2, 0.25) is 0 Å². The molecule has 2 N–H and O–H groups in total. The number of aromatic hydroxyl groups is 1. The maximum atomic E-state index is 13.6. The van der Waals surface area contributed by atoms with Gasteiger partial charge in [-0.25, -0.2) is 0 Å². The molecule has 3 heterocycles. The summed E-state index contributed by atoms with van der Waals surface area (Å²) >= 11 is 0. The number of benzene rings is 4. The molecule has 4 aliphatic rings. The van der Waals surface area contributed by atoms with Crippen LogP contribution in [0.25, 0.3) is 0 Å². The van der Waals surface area contributed by atoms with Crippen molar-refractivity contribution in [3.05, 3.63) is 119 Å². The Hall–Kier alpha value is -5.15. The molecule has 4 aromatic carbocycles. The highest BCUT2D eigenvalue weighted by molar-refractivity contribution is 6.05. The molecule has 9 nitrogen and oxygen atoms in total. The number of Topliss-reactive ketones (excluding diaryl/α,β-unsaturated/α-hetero) is 1. The molecule has 9 heteroatoms. The Balaban J connectivity index is 0.800. The molecular weight excluding hydrogens is 679 g/mol. The van der Waals surface area contributed by atoms with Crippen LogP contribution >= 0.6 is 0 Å². The highest BCUT2D eigenvalue weighted by Crippen LogP contribution is 2.47. The molecule has 0 spiro atoms. The number of phenols is 1. The monoisotopic (exact) mass is 727 g/mol. The number of ether oxygens (including phenoxy) is 2. The van der Waals surface area contributed by atoms with Crippen LogP contribution in [-0.4, -0.2) is 73.5 Å². The van der Waals surface area contributed by atoms with Gasteiger partial charge in [0.25, 0.3) is 0 Å². The normalized spacial score (nSPS) is 23.1. The lowest BCUT2D eigenvalue weighted by Crippen LogP contribution is -2.46. The number of phenolic OH excluding ortho intramolecular Hbond substituents is 1. The summed E-state index contributed by atoms with van der Waals surface area (Å²) in [5.74, 6) is 0.830. The number of piperazine rings is 1. The van der Waals surface area contributed by atoms with Gasteiger partial charge in [-0.05, 0) is 98.2 Å². The summed E-state index contributed by atoms with van der Waals surface area (Å²) in [5, 5.41) is 12.5. The second-order valence-electron chi connectivity index (χ2n) is 15.2. The Labute approximate surface area is 317 Å². The molecule has 0 radical (unpaired) electrons. The largest absolute Gasteiger partial charge is 0.508 e. The number of nitrogens with zero attached hydrogens (tertiary/aromatic N) is 2. The first-order valence-corrected chi connectivity index (χ1v) is 19.6. The predicted molar refractivity (Wildman–Crippen MR) is 208 cm³/mol. The van der Waals surface area contributed by atoms with Gasteiger partial charge in [-0.3, -0.25) is 24.6 Å². The van der Waals surface area contributed by atoms with Crippen molar-refractivity contribution in [2.24, 2.45) is 11.8 Å². The highest BCUT2D eigenvalue weighted by Gasteiger charge is 2.39. The van der Waals surface area contributed by atoms with E-state index < -0.39 is 5.92 Å². The molecule has 8 rings (SSSR count). The molecule has 4 atom stereocenters. The molecular formula is C45H49N3O6. The average Bonchev–Trinajstić information content (AvgIpc) is 3.36. The van der Waals surface area contributed by atoms with Gasteiger partial charge in [0, 0.05) is 79.2 Å². The van der Waals surface area contributed by atoms with Crippen molar-refractivity contribution in [2.45, 2.75) is 56.8 Å². The van der Waals surface area contributed by atoms with Crippen molar-refractivity contribution in [2.75, 3.05) is 50.8 Å². The maximum Gasteiger partial charge on any atom is 0.230 e. The first kappa shape index (κ1) is 35.9. The third-order valence-electron chi connectivity index (χ3n) is 11.9. The second kappa shape index (κ2) is 16.1. The van der Waals surface area contributed by atoms with Crippen LogP contribution in [0.3, 0.4) is 0 Å². The molecule has 2 saturated heterocycles. The van der Waals surface area contributed by atoms with Crippen LogP contribution in [0.1, 0.15) is 83.0 Å². The van der Waals surface area contributed by atoms with Crippen LogP contribution in [0, 0.1) is 11.8 Å². The summed E-state index contributed by atoms with van der Waals surface area (Å²) in [6.45, 7) is 6.13. The van der Waals surface area contributed by atoms with Gasteiger partial charge in [0.2, 0.25) is 11.8 Å². The number of carbonyl (C=O) groups is 3. The van der Waals surface area contributed by atoms with Crippen molar-refractivity contribution < 1.29 is 29.0 Å². The number of aryl methyl sites for hydroxylation is 1. The van der Waals surface area contributed by atoms with Crippen LogP contribution in [0.5, 0.6) is 17.2 Å². The number of rotatable bonds is 10. The van der Waals surface area contributed by atoms with Crippen molar-refractivity contribution >= 4 is 23.3 Å². The van der Waals surface area contributed by atoms with Gasteiger partial charge in [-0.2, -0.15) is 0 Å². The van der Waals surface area contributed by atoms with Gasteiger partial charge in [-0.15, -0.1) is 0 Å². The highest BCUT2D eigenvalue weighted by atomic mass is 16.5. The molecule has 3 aliphatic heterocycles. The molecule has 2 amide bonds. The van der Waals surface area contributed by atoms with Gasteiger partial charge in [0.05, 0.1) is 13.2 Å². The minimum atomic E-state index is -0.416. The summed E-state index contributed by atoms with van der Waals surface area (Å²) in [4.78, 5) is 42.7. The van der Waals surface area contributed by atoms with E-state index in [9.17, 15) is 19.5 Å². The van der Waals surface area contributed by atoms with Gasteiger partial charge in [0.1, 0.15) is 17.2 Å². The number of fused-ring (bicyclic) bond motifs is 2. The van der Waals surface area contributed by atoms with Crippen LogP contribution < -0.4 is 19.7 Å². The van der Waals surface area contributed by atoms with E-state index in [1.54, 1.807) is 12.1 Å². The number of nitrogens with one attached hydrogen (secondary N) is 1. The number of hydrogen-bond donors (Lipinski definition) is 2. The number of imide groups is 1. The lowest BCUT2D eigenvalue weighted by atomic mass is 9.76. The number of hydrogen-bond acceptors (Lipinski definition) is 8. The number of carbonyl (C=O) groups excluding carboxylic acids is 3. The molecule has 3 unspecified atom stereocenters. The van der Waals surface area contributed by atoms with E-state index in [1.165, 1.54) is 11.1 Å². The Kier molecular flexibility index (Phi) is 10.7. The zero-order valence-electron chi connectivity index (χ0n) is 30.8. The van der Waals surface area contributed by atoms with E-state index in [1.807, 2.05) is 18.2 Å². The fourth-order valence-electron chi connectivity index (χ4n) is 8.97. The van der Waals surface area contributed by atoms with Gasteiger partial charge >= 0.3 is 0 Å². The predicted octanol–water partition coefficient (Wildman–Crippen LogP) is 6.87. The molecule has 0 saturated carbocycles. The van der Waals surface area contributed by atoms with Crippen molar-refractivity contribution in [3.63, 3.8) is 0 Å². The zero-order chi connectivity index (χ0) is 37.0. The maximum absolute atomic E-state index is 13.6. The lowest BCUT2D eigenvalue weighted by Gasteiger charge is -2.36. The number of amides is 2. The van der Waals surface area contributed by atoms with E-state index in [2.05, 4.69) is 75.8 Å². The third kappa shape index (κ3) is 7.73. The fraction of sp³-hybridized carbons (Fsp3) is 0.400. The Bertz CT molecular complexity index is 1970. The first-order chi connectivity index (χ1) is 26.4. The average molecular weight is 728 g/mol. The fourth-order valence-corrected chi connectivity index (χ4v) is 8.97. The topological polar surface area (TPSA) is 108 Å². The third-order valence-corrected chi connectivity index (χ3v) is 11.9. The van der Waals surface area contributed by atoms with Gasteiger partial charge in [-0.1, -0.05) is 48.5 Å². The Morgan fingerprint density at radius 3 is 2.39 bits per heavy atom. The first-order valence-electron chi connectivity index (χ1n) is 19.6. The number of anilines is 1. The van der Waals surface area contributed by atoms with Crippen LogP contribution in [0.15, 0.2) is 91.0 Å². The summed E-state index contributed by atoms with van der Waals surface area (Å²) in [7, 11) is 0. The van der Waals surface area contributed by atoms with E-state index in [0.717, 1.165) is 92.3 Å². The molecule has 0 aromatic heterocycles. The molecule has 1 aliphatic carbocycles. The molecule has 0 bridgehead atoms. The minimum absolute atomic E-state index is 0.0510. The van der Waals surface area contributed by atoms with Crippen molar-refractivity contribution in [1.82, 2.24) is 10.2 Å². The van der Waals surface area contributed by atoms with Crippen LogP contribution in [-0.2, 0) is 16.0 Å². The second-order valence-corrected chi connectivity index (χ2v) is 15.2. The molecule has 2 fully saturated rings. The quantitative estimate of drug-likeness (QED) is 0.104. The standard InChI is InChI=1S/C45H49N3O6/c49-34-14-18-39-41(28-34)54-29-40(30-7-2-1-3-8-30)43(39)31-11-15-35(16-12-31)53-26-5-4-21-47-22-24-48(25-23-47)33-13-17-36-32(27-33)9-6-10-37(44(36)51)38-19-20-42(50)46-45(38)52/h1-3,7-8,11-18,27-28,37-38,40,43,49H,4-6,9-10,19-26,29H2,(H,46,50,52)/t37?,38?,40?,43-/m1/s1. The van der Waals surface area contributed by atoms with Crippen molar-refractivity contribution in [1.29, 1.82) is 0 Å². The number of ketones is 1. The number of unbranched alkanes of at least 4 members (excludes halogenated alkanes) is 1. The summed E-state index contributed by atoms with van der Waals surface area (Å²) in [6, 6.07) is 30.6. The SMILES string of the molecule is O=C1CCC(C2CCCc3cc(N4CCN(CCCCOc5ccc([C@@H]6c7ccc(O)cc7OCC6c6ccccc6)cc5)CC4)ccc3C2=O)C(=O)N1. The molecule has 54 heavy (non-hydrogen) atoms. The van der Waals surface area contributed by atoms with E-state index in [4.69, 9.17) is 9.47 Å². The number of piperidine rings is 1. The summed E-state index contributed by atoms with van der Waals surface area (Å²) in [6.07, 6.45) is 5.18. The van der Waals surface area contributed by atoms with E-state index in [-0.39, 0.29) is 41.1 Å². The van der Waals surface area contributed by atoms with Gasteiger partial charge in [0.15, 0.2) is 5.78 Å². The van der Waals surface area contributed by atoms with Crippen LogP contribution in [0.4, 0.5) is 5.69 Å². The van der Waals surface area contributed by atoms with Gasteiger partial charge < -0.3 is 19.5 Å². The molecule has 4 aromatic rings.